The van der Waals surface area contributed by atoms with E-state index in [-0.39, 0.29) is 6.54 Å². The highest BCUT2D eigenvalue weighted by Gasteiger charge is 2.25. The Bertz CT molecular complexity index is 394. The first-order valence-electron chi connectivity index (χ1n) is 7.30. The summed E-state index contributed by atoms with van der Waals surface area (Å²) in [7, 11) is 0. The van der Waals surface area contributed by atoms with Crippen LogP contribution in [0.25, 0.3) is 0 Å². The highest BCUT2D eigenvalue weighted by molar-refractivity contribution is 5.78. The molecule has 0 atom stereocenters. The lowest BCUT2D eigenvalue weighted by molar-refractivity contribution is -0.156. The number of oxime groups is 1. The van der Waals surface area contributed by atoms with Gasteiger partial charge in [-0.1, -0.05) is 0 Å². The largest absolute Gasteiger partial charge is 0.459 e. The maximum absolute atomic E-state index is 12.1. The Morgan fingerprint density at radius 3 is 2.09 bits per heavy atom. The highest BCUT2D eigenvalue weighted by atomic mass is 16.6. The summed E-state index contributed by atoms with van der Waals surface area (Å²) >= 11 is 0. The molecule has 0 aliphatic rings. The monoisotopic (exact) mass is 316 g/mol. The minimum Gasteiger partial charge on any atom is -0.459 e. The summed E-state index contributed by atoms with van der Waals surface area (Å²) in [6.07, 6.45) is 1.80. The van der Waals surface area contributed by atoms with Gasteiger partial charge in [0.25, 0.3) is 0 Å². The van der Waals surface area contributed by atoms with Gasteiger partial charge in [-0.2, -0.15) is 0 Å². The third kappa shape index (κ3) is 10.9. The van der Waals surface area contributed by atoms with Gasteiger partial charge in [0.15, 0.2) is 0 Å². The van der Waals surface area contributed by atoms with Crippen LogP contribution in [0, 0.1) is 0 Å². The predicted octanol–water partition coefficient (Wildman–Crippen LogP) is 2.81. The Balaban J connectivity index is 4.70. The van der Waals surface area contributed by atoms with Gasteiger partial charge in [-0.3, -0.25) is 9.69 Å². The van der Waals surface area contributed by atoms with Crippen molar-refractivity contribution < 1.29 is 24.3 Å². The average molecular weight is 316 g/mol. The van der Waals surface area contributed by atoms with Crippen molar-refractivity contribution in [3.8, 4) is 0 Å². The van der Waals surface area contributed by atoms with Crippen LogP contribution in [0.3, 0.4) is 0 Å². The minimum atomic E-state index is -0.643. The summed E-state index contributed by atoms with van der Waals surface area (Å²) in [5.41, 5.74) is -1.25. The molecule has 0 heterocycles. The van der Waals surface area contributed by atoms with Gasteiger partial charge in [-0.05, 0) is 54.4 Å². The molecular weight excluding hydrogens is 288 g/mol. The van der Waals surface area contributed by atoms with Gasteiger partial charge in [0.2, 0.25) is 0 Å². The molecule has 0 radical (unpaired) electrons. The Hall–Kier alpha value is -1.79. The fraction of sp³-hybridized carbons (Fsp3) is 0.800. The molecule has 0 bridgehead atoms. The molecule has 0 rings (SSSR count). The van der Waals surface area contributed by atoms with Crippen molar-refractivity contribution in [3.63, 3.8) is 0 Å². The molecule has 0 saturated heterocycles. The smallest absolute Gasteiger partial charge is 0.410 e. The normalized spacial score (nSPS) is 12.3. The van der Waals surface area contributed by atoms with Crippen LogP contribution in [-0.2, 0) is 14.3 Å². The molecule has 7 heteroatoms. The van der Waals surface area contributed by atoms with Crippen LogP contribution in [0.1, 0.15) is 54.4 Å². The van der Waals surface area contributed by atoms with Crippen LogP contribution < -0.4 is 0 Å². The van der Waals surface area contributed by atoms with Gasteiger partial charge >= 0.3 is 12.1 Å². The lowest BCUT2D eigenvalue weighted by atomic mass is 10.2. The summed E-state index contributed by atoms with van der Waals surface area (Å²) in [6, 6.07) is 0. The summed E-state index contributed by atoms with van der Waals surface area (Å²) < 4.78 is 10.5. The second-order valence-corrected chi connectivity index (χ2v) is 6.93. The molecule has 0 spiro atoms. The predicted molar refractivity (Wildman–Crippen MR) is 83.2 cm³/mol. The first-order valence-corrected chi connectivity index (χ1v) is 7.30. The number of esters is 1. The molecule has 0 fully saturated rings. The van der Waals surface area contributed by atoms with E-state index in [9.17, 15) is 9.59 Å². The van der Waals surface area contributed by atoms with E-state index < -0.39 is 23.3 Å². The fourth-order valence-electron chi connectivity index (χ4n) is 1.52. The lowest BCUT2D eigenvalue weighted by Gasteiger charge is -2.28. The third-order valence-corrected chi connectivity index (χ3v) is 2.23. The van der Waals surface area contributed by atoms with Crippen molar-refractivity contribution in [2.75, 3.05) is 13.1 Å². The molecule has 1 N–H and O–H groups in total. The third-order valence-electron chi connectivity index (χ3n) is 2.23. The Kier molecular flexibility index (Phi) is 7.90. The maximum atomic E-state index is 12.1. The van der Waals surface area contributed by atoms with E-state index >= 15 is 0 Å². The van der Waals surface area contributed by atoms with Crippen LogP contribution in [0.4, 0.5) is 4.79 Å². The maximum Gasteiger partial charge on any atom is 0.410 e. The number of carbonyl (C=O) groups excluding carboxylic acids is 2. The van der Waals surface area contributed by atoms with Gasteiger partial charge in [0.1, 0.15) is 17.7 Å². The van der Waals surface area contributed by atoms with Crippen molar-refractivity contribution in [1.29, 1.82) is 0 Å². The number of amides is 1. The minimum absolute atomic E-state index is 0.178. The van der Waals surface area contributed by atoms with Crippen LogP contribution >= 0.6 is 0 Å². The topological polar surface area (TPSA) is 88.4 Å². The standard InChI is InChI=1S/C15H28N2O5/c1-14(2,3)21-12(18)11-17(10-8-7-9-16-20)13(19)22-15(4,5)6/h9,20H,7-8,10-11H2,1-6H3/b16-9+. The van der Waals surface area contributed by atoms with Gasteiger partial charge in [0, 0.05) is 12.8 Å². The average Bonchev–Trinajstić information content (AvgIpc) is 2.28. The summed E-state index contributed by atoms with van der Waals surface area (Å²) in [6.45, 7) is 10.7. The molecule has 0 saturated carbocycles. The summed E-state index contributed by atoms with van der Waals surface area (Å²) in [5.74, 6) is -0.491. The van der Waals surface area contributed by atoms with Crippen molar-refractivity contribution in [1.82, 2.24) is 4.90 Å². The quantitative estimate of drug-likeness (QED) is 0.268. The van der Waals surface area contributed by atoms with E-state index in [1.54, 1.807) is 41.5 Å². The van der Waals surface area contributed by atoms with E-state index in [1.807, 2.05) is 0 Å². The molecule has 128 valence electrons. The molecule has 0 aliphatic carbocycles. The van der Waals surface area contributed by atoms with Crippen molar-refractivity contribution >= 4 is 18.3 Å². The molecule has 22 heavy (non-hydrogen) atoms. The molecule has 1 amide bonds. The zero-order valence-electron chi connectivity index (χ0n) is 14.4. The Morgan fingerprint density at radius 1 is 1.09 bits per heavy atom. The van der Waals surface area contributed by atoms with E-state index in [4.69, 9.17) is 14.7 Å². The molecular formula is C15H28N2O5. The SMILES string of the molecule is CC(C)(C)OC(=O)CN(CCC/C=N/O)C(=O)OC(C)(C)C. The molecule has 0 unspecified atom stereocenters. The van der Waals surface area contributed by atoms with E-state index in [2.05, 4.69) is 5.16 Å². The van der Waals surface area contributed by atoms with Gasteiger partial charge in [-0.25, -0.2) is 4.79 Å². The van der Waals surface area contributed by atoms with Gasteiger partial charge in [-0.15, -0.1) is 5.16 Å². The molecule has 0 aromatic rings. The molecule has 0 aliphatic heterocycles. The van der Waals surface area contributed by atoms with Gasteiger partial charge < -0.3 is 14.7 Å². The fourth-order valence-corrected chi connectivity index (χ4v) is 1.52. The van der Waals surface area contributed by atoms with E-state index in [0.29, 0.717) is 19.4 Å². The molecule has 7 nitrogen and oxygen atoms in total. The number of hydrogen-bond donors (Lipinski definition) is 1. The summed E-state index contributed by atoms with van der Waals surface area (Å²) in [4.78, 5) is 25.3. The first-order chi connectivity index (χ1) is 9.94. The van der Waals surface area contributed by atoms with Crippen LogP contribution in [0.2, 0.25) is 0 Å². The number of nitrogens with zero attached hydrogens (tertiary/aromatic N) is 2. The van der Waals surface area contributed by atoms with Crippen molar-refractivity contribution in [2.45, 2.75) is 65.6 Å². The zero-order chi connectivity index (χ0) is 17.4. The highest BCUT2D eigenvalue weighted by Crippen LogP contribution is 2.12. The second kappa shape index (κ2) is 8.60. The van der Waals surface area contributed by atoms with Crippen LogP contribution in [0.15, 0.2) is 5.16 Å². The van der Waals surface area contributed by atoms with Gasteiger partial charge in [0.05, 0.1) is 0 Å². The van der Waals surface area contributed by atoms with Crippen molar-refractivity contribution in [2.24, 2.45) is 5.16 Å². The lowest BCUT2D eigenvalue weighted by Crippen LogP contribution is -2.42. The molecule has 0 aromatic heterocycles. The number of unbranched alkanes of at least 4 members (excludes halogenated alkanes) is 1. The van der Waals surface area contributed by atoms with Crippen LogP contribution in [0.5, 0.6) is 0 Å². The van der Waals surface area contributed by atoms with Crippen LogP contribution in [-0.4, -0.2) is 52.7 Å². The Labute approximate surface area is 132 Å². The first kappa shape index (κ1) is 20.2. The van der Waals surface area contributed by atoms with E-state index in [1.165, 1.54) is 11.1 Å². The number of ether oxygens (including phenoxy) is 2. The second-order valence-electron chi connectivity index (χ2n) is 6.93. The number of hydrogen-bond acceptors (Lipinski definition) is 6. The zero-order valence-corrected chi connectivity index (χ0v) is 14.4. The Morgan fingerprint density at radius 2 is 1.64 bits per heavy atom. The van der Waals surface area contributed by atoms with E-state index in [0.717, 1.165) is 0 Å². The summed E-state index contributed by atoms with van der Waals surface area (Å²) in [5, 5.41) is 11.3. The van der Waals surface area contributed by atoms with Crippen molar-refractivity contribution in [3.05, 3.63) is 0 Å². The molecule has 0 aromatic carbocycles. The number of carbonyl (C=O) groups is 2. The number of rotatable bonds is 6.